The lowest BCUT2D eigenvalue weighted by Gasteiger charge is -2.07. The Morgan fingerprint density at radius 1 is 1.17 bits per heavy atom. The first kappa shape index (κ1) is 12.0. The number of rotatable bonds is 2. The molecule has 0 aliphatic carbocycles. The van der Waals surface area contributed by atoms with Gasteiger partial charge in [0.1, 0.15) is 5.82 Å². The highest BCUT2D eigenvalue weighted by Gasteiger charge is 2.06. The van der Waals surface area contributed by atoms with Crippen LogP contribution in [0, 0.1) is 5.82 Å². The molecule has 1 aromatic heterocycles. The van der Waals surface area contributed by atoms with Crippen LogP contribution in [0.4, 0.5) is 4.39 Å². The van der Waals surface area contributed by atoms with E-state index in [9.17, 15) is 14.0 Å². The van der Waals surface area contributed by atoms with Crippen LogP contribution in [0.25, 0.3) is 5.69 Å². The highest BCUT2D eigenvalue weighted by Crippen LogP contribution is 2.07. The number of pyridine rings is 1. The number of aromatic nitrogens is 1. The first-order valence-electron chi connectivity index (χ1n) is 5.32. The van der Waals surface area contributed by atoms with E-state index >= 15 is 0 Å². The van der Waals surface area contributed by atoms with Crippen LogP contribution in [0.5, 0.6) is 0 Å². The van der Waals surface area contributed by atoms with E-state index in [1.807, 2.05) is 0 Å². The molecule has 1 aromatic carbocycles. The number of hydrogen-bond acceptors (Lipinski definition) is 2. The molecule has 0 fully saturated rings. The number of nitrogens with zero attached hydrogens (tertiary/aromatic N) is 1. The Labute approximate surface area is 103 Å². The van der Waals surface area contributed by atoms with E-state index in [2.05, 4.69) is 5.32 Å². The SMILES string of the molecule is CNC(=O)c1ccc(=O)n(-c2ccc(F)cc2)c1. The van der Waals surface area contributed by atoms with Crippen molar-refractivity contribution in [2.45, 2.75) is 0 Å². The van der Waals surface area contributed by atoms with Gasteiger partial charge >= 0.3 is 0 Å². The van der Waals surface area contributed by atoms with E-state index < -0.39 is 0 Å². The smallest absolute Gasteiger partial charge is 0.255 e. The van der Waals surface area contributed by atoms with E-state index in [1.165, 1.54) is 54.2 Å². The normalized spacial score (nSPS) is 10.1. The molecule has 0 saturated carbocycles. The number of benzene rings is 1. The van der Waals surface area contributed by atoms with E-state index in [4.69, 9.17) is 0 Å². The van der Waals surface area contributed by atoms with Gasteiger partial charge in [-0.15, -0.1) is 0 Å². The summed E-state index contributed by atoms with van der Waals surface area (Å²) < 4.78 is 14.1. The zero-order valence-electron chi connectivity index (χ0n) is 9.68. The molecule has 1 N–H and O–H groups in total. The van der Waals surface area contributed by atoms with Gasteiger partial charge in [-0.25, -0.2) is 4.39 Å². The molecule has 1 heterocycles. The minimum Gasteiger partial charge on any atom is -0.355 e. The van der Waals surface area contributed by atoms with Crippen molar-refractivity contribution < 1.29 is 9.18 Å². The van der Waals surface area contributed by atoms with Gasteiger partial charge in [0, 0.05) is 25.0 Å². The van der Waals surface area contributed by atoms with Crippen LogP contribution in [-0.2, 0) is 0 Å². The van der Waals surface area contributed by atoms with Crippen LogP contribution >= 0.6 is 0 Å². The lowest BCUT2D eigenvalue weighted by Crippen LogP contribution is -2.23. The maximum atomic E-state index is 12.8. The number of carbonyl (C=O) groups is 1. The number of carbonyl (C=O) groups excluding carboxylic acids is 1. The lowest BCUT2D eigenvalue weighted by atomic mass is 10.2. The summed E-state index contributed by atoms with van der Waals surface area (Å²) in [6, 6.07) is 8.21. The Hall–Kier alpha value is -2.43. The largest absolute Gasteiger partial charge is 0.355 e. The maximum Gasteiger partial charge on any atom is 0.255 e. The standard InChI is InChI=1S/C13H11FN2O2/c1-15-13(18)9-2-7-12(17)16(8-9)11-5-3-10(14)4-6-11/h2-8H,1H3,(H,15,18). The van der Waals surface area contributed by atoms with E-state index in [0.717, 1.165) is 0 Å². The fourth-order valence-corrected chi connectivity index (χ4v) is 1.57. The van der Waals surface area contributed by atoms with Crippen LogP contribution in [0.15, 0.2) is 47.4 Å². The number of hydrogen-bond donors (Lipinski definition) is 1. The molecule has 0 aliphatic rings. The number of amides is 1. The van der Waals surface area contributed by atoms with Crippen molar-refractivity contribution >= 4 is 5.91 Å². The minimum absolute atomic E-state index is 0.283. The fraction of sp³-hybridized carbons (Fsp3) is 0.0769. The monoisotopic (exact) mass is 246 g/mol. The van der Waals surface area contributed by atoms with Gasteiger partial charge < -0.3 is 5.32 Å². The summed E-state index contributed by atoms with van der Waals surface area (Å²) in [6.07, 6.45) is 1.43. The Morgan fingerprint density at radius 2 is 1.83 bits per heavy atom. The Kier molecular flexibility index (Phi) is 3.23. The molecule has 0 saturated heterocycles. The predicted octanol–water partition coefficient (Wildman–Crippen LogP) is 1.34. The summed E-state index contributed by atoms with van der Waals surface area (Å²) in [5.41, 5.74) is 0.586. The number of nitrogens with one attached hydrogen (secondary N) is 1. The molecular weight excluding hydrogens is 235 g/mol. The molecule has 0 radical (unpaired) electrons. The average molecular weight is 246 g/mol. The topological polar surface area (TPSA) is 51.1 Å². The molecule has 2 aromatic rings. The average Bonchev–Trinajstić information content (AvgIpc) is 2.39. The Morgan fingerprint density at radius 3 is 2.44 bits per heavy atom. The van der Waals surface area contributed by atoms with Crippen LogP contribution in [-0.4, -0.2) is 17.5 Å². The van der Waals surface area contributed by atoms with Crippen molar-refractivity contribution in [3.05, 3.63) is 64.3 Å². The van der Waals surface area contributed by atoms with Gasteiger partial charge in [0.25, 0.3) is 11.5 Å². The van der Waals surface area contributed by atoms with Crippen molar-refractivity contribution in [1.29, 1.82) is 0 Å². The molecule has 5 heteroatoms. The molecule has 18 heavy (non-hydrogen) atoms. The van der Waals surface area contributed by atoms with Gasteiger partial charge in [0.2, 0.25) is 0 Å². The molecule has 2 rings (SSSR count). The van der Waals surface area contributed by atoms with Gasteiger partial charge in [0.15, 0.2) is 0 Å². The van der Waals surface area contributed by atoms with Gasteiger partial charge in [-0.3, -0.25) is 14.2 Å². The zero-order chi connectivity index (χ0) is 13.1. The van der Waals surface area contributed by atoms with Gasteiger partial charge in [0.05, 0.1) is 5.56 Å². The molecule has 92 valence electrons. The third kappa shape index (κ3) is 2.29. The van der Waals surface area contributed by atoms with Crippen molar-refractivity contribution in [3.63, 3.8) is 0 Å². The Balaban J connectivity index is 2.53. The molecular formula is C13H11FN2O2. The van der Waals surface area contributed by atoms with Crippen LogP contribution < -0.4 is 10.9 Å². The van der Waals surface area contributed by atoms with Crippen molar-refractivity contribution in [3.8, 4) is 5.69 Å². The molecule has 0 aliphatic heterocycles. The Bertz CT molecular complexity index is 632. The summed E-state index contributed by atoms with van der Waals surface area (Å²) in [6.45, 7) is 0. The van der Waals surface area contributed by atoms with Crippen molar-refractivity contribution in [2.24, 2.45) is 0 Å². The first-order chi connectivity index (χ1) is 8.61. The van der Waals surface area contributed by atoms with Gasteiger partial charge in [-0.2, -0.15) is 0 Å². The number of halogens is 1. The quantitative estimate of drug-likeness (QED) is 0.869. The van der Waals surface area contributed by atoms with Gasteiger partial charge in [-0.1, -0.05) is 0 Å². The molecule has 0 atom stereocenters. The summed E-state index contributed by atoms with van der Waals surface area (Å²) in [5.74, 6) is -0.667. The maximum absolute atomic E-state index is 12.8. The second-order valence-electron chi connectivity index (χ2n) is 3.68. The van der Waals surface area contributed by atoms with Crippen molar-refractivity contribution in [1.82, 2.24) is 9.88 Å². The third-order valence-corrected chi connectivity index (χ3v) is 2.51. The molecule has 1 amide bonds. The van der Waals surface area contributed by atoms with E-state index in [1.54, 1.807) is 0 Å². The fourth-order valence-electron chi connectivity index (χ4n) is 1.57. The van der Waals surface area contributed by atoms with E-state index in [-0.39, 0.29) is 17.3 Å². The third-order valence-electron chi connectivity index (χ3n) is 2.51. The van der Waals surface area contributed by atoms with Crippen LogP contribution in [0.3, 0.4) is 0 Å². The molecule has 0 bridgehead atoms. The van der Waals surface area contributed by atoms with E-state index in [0.29, 0.717) is 11.3 Å². The highest BCUT2D eigenvalue weighted by atomic mass is 19.1. The first-order valence-corrected chi connectivity index (χ1v) is 5.32. The molecule has 0 spiro atoms. The summed E-state index contributed by atoms with van der Waals surface area (Å²) >= 11 is 0. The minimum atomic E-state index is -0.380. The summed E-state index contributed by atoms with van der Waals surface area (Å²) in [4.78, 5) is 23.2. The molecule has 4 nitrogen and oxygen atoms in total. The second-order valence-corrected chi connectivity index (χ2v) is 3.68. The molecule has 0 unspecified atom stereocenters. The highest BCUT2D eigenvalue weighted by molar-refractivity contribution is 5.93. The summed E-state index contributed by atoms with van der Waals surface area (Å²) in [5, 5.41) is 2.47. The predicted molar refractivity (Wildman–Crippen MR) is 65.4 cm³/mol. The summed E-state index contributed by atoms with van der Waals surface area (Å²) in [7, 11) is 1.51. The zero-order valence-corrected chi connectivity index (χ0v) is 9.68. The van der Waals surface area contributed by atoms with Crippen LogP contribution in [0.1, 0.15) is 10.4 Å². The lowest BCUT2D eigenvalue weighted by molar-refractivity contribution is 0.0962. The van der Waals surface area contributed by atoms with Crippen LogP contribution in [0.2, 0.25) is 0 Å². The van der Waals surface area contributed by atoms with Crippen molar-refractivity contribution in [2.75, 3.05) is 7.05 Å². The van der Waals surface area contributed by atoms with Gasteiger partial charge in [-0.05, 0) is 30.3 Å². The second kappa shape index (κ2) is 4.83.